The zero-order chi connectivity index (χ0) is 18.5. The molecule has 1 aliphatic heterocycles. The highest BCUT2D eigenvalue weighted by Gasteiger charge is 2.35. The summed E-state index contributed by atoms with van der Waals surface area (Å²) < 4.78 is 4.88. The Bertz CT molecular complexity index is 806. The van der Waals surface area contributed by atoms with Crippen LogP contribution in [0.2, 0.25) is 0 Å². The van der Waals surface area contributed by atoms with Crippen molar-refractivity contribution in [2.24, 2.45) is 5.92 Å². The van der Waals surface area contributed by atoms with Crippen LogP contribution in [0.1, 0.15) is 19.0 Å². The lowest BCUT2D eigenvalue weighted by Crippen LogP contribution is -2.28. The highest BCUT2D eigenvalue weighted by atomic mass is 32.1. The molecule has 0 aliphatic carbocycles. The molecule has 0 radical (unpaired) electrons. The highest BCUT2D eigenvalue weighted by molar-refractivity contribution is 7.13. The number of aromatic nitrogens is 1. The molecule has 136 valence electrons. The van der Waals surface area contributed by atoms with Gasteiger partial charge in [0, 0.05) is 24.0 Å². The number of carbonyl (C=O) groups is 3. The Balaban J connectivity index is 1.58. The van der Waals surface area contributed by atoms with Crippen molar-refractivity contribution >= 4 is 39.9 Å². The van der Waals surface area contributed by atoms with Gasteiger partial charge < -0.3 is 15.0 Å². The second kappa shape index (κ2) is 8.09. The standard InChI is InChI=1S/C18H19N3O4S/c1-2-25-16(23)9-13-11-26-18(19-13)20-17(24)12-8-15(22)21(10-12)14-6-4-3-5-7-14/h3-7,11-12H,2,8-10H2,1H3,(H,19,20,24). The van der Waals surface area contributed by atoms with Crippen LogP contribution in [0, 0.1) is 5.92 Å². The molecule has 1 fully saturated rings. The molecule has 7 nitrogen and oxygen atoms in total. The second-order valence-electron chi connectivity index (χ2n) is 5.86. The lowest BCUT2D eigenvalue weighted by Gasteiger charge is -2.16. The van der Waals surface area contributed by atoms with E-state index in [9.17, 15) is 14.4 Å². The largest absolute Gasteiger partial charge is 0.466 e. The number of rotatable bonds is 6. The molecule has 0 saturated carbocycles. The van der Waals surface area contributed by atoms with Crippen LogP contribution in [0.15, 0.2) is 35.7 Å². The number of anilines is 2. The Morgan fingerprint density at radius 1 is 1.35 bits per heavy atom. The lowest BCUT2D eigenvalue weighted by molar-refractivity contribution is -0.142. The number of carbonyl (C=O) groups excluding carboxylic acids is 3. The topological polar surface area (TPSA) is 88.6 Å². The summed E-state index contributed by atoms with van der Waals surface area (Å²) in [6.45, 7) is 2.40. The van der Waals surface area contributed by atoms with Crippen LogP contribution in [0.25, 0.3) is 0 Å². The summed E-state index contributed by atoms with van der Waals surface area (Å²) in [6.07, 6.45) is 0.242. The van der Waals surface area contributed by atoms with Crippen molar-refractivity contribution < 1.29 is 19.1 Å². The van der Waals surface area contributed by atoms with Crippen LogP contribution in [-0.2, 0) is 25.5 Å². The van der Waals surface area contributed by atoms with E-state index in [0.29, 0.717) is 24.0 Å². The monoisotopic (exact) mass is 373 g/mol. The van der Waals surface area contributed by atoms with Gasteiger partial charge in [-0.3, -0.25) is 14.4 Å². The number of para-hydroxylation sites is 1. The van der Waals surface area contributed by atoms with E-state index >= 15 is 0 Å². The van der Waals surface area contributed by atoms with Gasteiger partial charge in [0.25, 0.3) is 0 Å². The van der Waals surface area contributed by atoms with E-state index in [-0.39, 0.29) is 30.6 Å². The zero-order valence-electron chi connectivity index (χ0n) is 14.3. The molecule has 3 rings (SSSR count). The van der Waals surface area contributed by atoms with Crippen molar-refractivity contribution in [1.29, 1.82) is 0 Å². The van der Waals surface area contributed by atoms with Gasteiger partial charge in [0.2, 0.25) is 11.8 Å². The van der Waals surface area contributed by atoms with E-state index in [0.717, 1.165) is 5.69 Å². The quantitative estimate of drug-likeness (QED) is 0.785. The average molecular weight is 373 g/mol. The van der Waals surface area contributed by atoms with E-state index in [2.05, 4.69) is 10.3 Å². The summed E-state index contributed by atoms with van der Waals surface area (Å²) in [5.41, 5.74) is 1.34. The summed E-state index contributed by atoms with van der Waals surface area (Å²) in [5, 5.41) is 4.87. The molecule has 1 saturated heterocycles. The maximum atomic E-state index is 12.5. The SMILES string of the molecule is CCOC(=O)Cc1csc(NC(=O)C2CC(=O)N(c3ccccc3)C2)n1. The van der Waals surface area contributed by atoms with Gasteiger partial charge in [-0.25, -0.2) is 4.98 Å². The molecule has 0 bridgehead atoms. The number of thiazole rings is 1. The molecule has 2 aromatic rings. The molecule has 2 amide bonds. The molecule has 1 aromatic carbocycles. The number of esters is 1. The molecule has 1 atom stereocenters. The smallest absolute Gasteiger partial charge is 0.311 e. The summed E-state index contributed by atoms with van der Waals surface area (Å²) in [6, 6.07) is 9.29. The van der Waals surface area contributed by atoms with Crippen LogP contribution in [0.4, 0.5) is 10.8 Å². The molecule has 1 aromatic heterocycles. The van der Waals surface area contributed by atoms with E-state index in [1.165, 1.54) is 11.3 Å². The van der Waals surface area contributed by atoms with E-state index in [1.807, 2.05) is 30.3 Å². The first-order valence-electron chi connectivity index (χ1n) is 8.33. The summed E-state index contributed by atoms with van der Waals surface area (Å²) >= 11 is 1.25. The number of nitrogens with zero attached hydrogens (tertiary/aromatic N) is 2. The summed E-state index contributed by atoms with van der Waals surface area (Å²) in [4.78, 5) is 42.0. The van der Waals surface area contributed by atoms with Crippen LogP contribution < -0.4 is 10.2 Å². The van der Waals surface area contributed by atoms with Crippen molar-refractivity contribution in [3.63, 3.8) is 0 Å². The van der Waals surface area contributed by atoms with Crippen molar-refractivity contribution in [1.82, 2.24) is 4.98 Å². The Kier molecular flexibility index (Phi) is 5.62. The first-order valence-corrected chi connectivity index (χ1v) is 9.21. The van der Waals surface area contributed by atoms with Crippen molar-refractivity contribution in [2.45, 2.75) is 19.8 Å². The fraction of sp³-hybridized carbons (Fsp3) is 0.333. The lowest BCUT2D eigenvalue weighted by atomic mass is 10.1. The van der Waals surface area contributed by atoms with Crippen LogP contribution >= 0.6 is 11.3 Å². The van der Waals surface area contributed by atoms with Gasteiger partial charge in [-0.2, -0.15) is 0 Å². The summed E-state index contributed by atoms with van der Waals surface area (Å²) in [5.74, 6) is -1.09. The van der Waals surface area contributed by atoms with Gasteiger partial charge in [-0.1, -0.05) is 18.2 Å². The van der Waals surface area contributed by atoms with Gasteiger partial charge in [-0.15, -0.1) is 11.3 Å². The predicted octanol–water partition coefficient (Wildman–Crippen LogP) is 2.24. The fourth-order valence-electron chi connectivity index (χ4n) is 2.75. The van der Waals surface area contributed by atoms with E-state index in [1.54, 1.807) is 17.2 Å². The van der Waals surface area contributed by atoms with Gasteiger partial charge in [-0.05, 0) is 19.1 Å². The van der Waals surface area contributed by atoms with Crippen LogP contribution in [0.5, 0.6) is 0 Å². The van der Waals surface area contributed by atoms with E-state index in [4.69, 9.17) is 4.74 Å². The first kappa shape index (κ1) is 18.1. The molecule has 0 spiro atoms. The Labute approximate surface area is 155 Å². The molecule has 1 unspecified atom stereocenters. The molecule has 1 N–H and O–H groups in total. The number of nitrogens with one attached hydrogen (secondary N) is 1. The molecule has 8 heteroatoms. The van der Waals surface area contributed by atoms with Gasteiger partial charge in [0.15, 0.2) is 5.13 Å². The Morgan fingerprint density at radius 3 is 2.85 bits per heavy atom. The number of amides is 2. The third kappa shape index (κ3) is 4.26. The molecule has 1 aliphatic rings. The molecular weight excluding hydrogens is 354 g/mol. The van der Waals surface area contributed by atoms with Gasteiger partial charge in [0.1, 0.15) is 0 Å². The minimum atomic E-state index is -0.430. The summed E-state index contributed by atoms with van der Waals surface area (Å²) in [7, 11) is 0. The molecule has 2 heterocycles. The number of benzene rings is 1. The minimum absolute atomic E-state index is 0.0708. The van der Waals surface area contributed by atoms with Crippen LogP contribution in [-0.4, -0.2) is 35.9 Å². The third-order valence-corrected chi connectivity index (χ3v) is 4.78. The maximum Gasteiger partial charge on any atom is 0.311 e. The van der Waals surface area contributed by atoms with Crippen molar-refractivity contribution in [3.8, 4) is 0 Å². The Hall–Kier alpha value is -2.74. The number of ether oxygens (including phenoxy) is 1. The predicted molar refractivity (Wildman–Crippen MR) is 98.0 cm³/mol. The van der Waals surface area contributed by atoms with Crippen molar-refractivity contribution in [3.05, 3.63) is 41.4 Å². The molecular formula is C18H19N3O4S. The Morgan fingerprint density at radius 2 is 2.12 bits per heavy atom. The highest BCUT2D eigenvalue weighted by Crippen LogP contribution is 2.26. The average Bonchev–Trinajstić information content (AvgIpc) is 3.22. The first-order chi connectivity index (χ1) is 12.6. The number of hydrogen-bond acceptors (Lipinski definition) is 6. The van der Waals surface area contributed by atoms with Gasteiger partial charge >= 0.3 is 5.97 Å². The maximum absolute atomic E-state index is 12.5. The molecule has 26 heavy (non-hydrogen) atoms. The second-order valence-corrected chi connectivity index (χ2v) is 6.71. The zero-order valence-corrected chi connectivity index (χ0v) is 15.1. The normalized spacial score (nSPS) is 16.6. The minimum Gasteiger partial charge on any atom is -0.466 e. The fourth-order valence-corrected chi connectivity index (χ4v) is 3.47. The van der Waals surface area contributed by atoms with E-state index < -0.39 is 5.92 Å². The van der Waals surface area contributed by atoms with Crippen LogP contribution in [0.3, 0.4) is 0 Å². The van der Waals surface area contributed by atoms with Gasteiger partial charge in [0.05, 0.1) is 24.6 Å². The third-order valence-electron chi connectivity index (χ3n) is 3.98. The number of hydrogen-bond donors (Lipinski definition) is 1. The van der Waals surface area contributed by atoms with Crippen molar-refractivity contribution in [2.75, 3.05) is 23.4 Å².